The zero-order chi connectivity index (χ0) is 6.85. The number of nitrogens with zero attached hydrogens (tertiary/aromatic N) is 1. The van der Waals surface area contributed by atoms with Gasteiger partial charge in [0.25, 0.3) is 0 Å². The topological polar surface area (TPSA) is 40.5 Å². The van der Waals surface area contributed by atoms with Crippen molar-refractivity contribution in [1.82, 2.24) is 4.81 Å². The molecule has 46 valence electrons. The van der Waals surface area contributed by atoms with Gasteiger partial charge in [-0.05, 0) is 13.2 Å². The standard InChI is InChI=1S/C4H7B2NO2/c1-7-2-3(4(8)9)5-6-7/h2,5-6H,1H3,(H,8,9). The molecule has 1 rings (SSSR count). The van der Waals surface area contributed by atoms with E-state index < -0.39 is 5.97 Å². The fraction of sp³-hybridized carbons (Fsp3) is 0.250. The third-order valence-corrected chi connectivity index (χ3v) is 1.38. The average Bonchev–Trinajstić information content (AvgIpc) is 2.14. The first-order chi connectivity index (χ1) is 4.20. The monoisotopic (exact) mass is 123 g/mol. The van der Waals surface area contributed by atoms with Gasteiger partial charge in [0.15, 0.2) is 7.17 Å². The molecule has 0 aromatic rings. The highest BCUT2D eigenvalue weighted by atomic mass is 16.4. The van der Waals surface area contributed by atoms with E-state index in [4.69, 9.17) is 5.11 Å². The number of rotatable bonds is 1. The SMILES string of the molecule is CN1BBC(C(=O)O)=C1. The van der Waals surface area contributed by atoms with Crippen LogP contribution in [0.1, 0.15) is 0 Å². The van der Waals surface area contributed by atoms with Gasteiger partial charge in [-0.2, -0.15) is 0 Å². The summed E-state index contributed by atoms with van der Waals surface area (Å²) in [4.78, 5) is 12.1. The summed E-state index contributed by atoms with van der Waals surface area (Å²) in [5.74, 6) is -0.792. The predicted octanol–water partition coefficient (Wildman–Crippen LogP) is -1.44. The molecule has 0 bridgehead atoms. The van der Waals surface area contributed by atoms with Crippen molar-refractivity contribution in [2.45, 2.75) is 0 Å². The number of hydrogen-bond donors (Lipinski definition) is 1. The van der Waals surface area contributed by atoms with E-state index in [-0.39, 0.29) is 0 Å². The van der Waals surface area contributed by atoms with E-state index >= 15 is 0 Å². The van der Waals surface area contributed by atoms with Gasteiger partial charge in [-0.1, -0.05) is 0 Å². The van der Waals surface area contributed by atoms with Crippen molar-refractivity contribution in [2.24, 2.45) is 0 Å². The summed E-state index contributed by atoms with van der Waals surface area (Å²) in [7, 11) is 3.38. The van der Waals surface area contributed by atoms with Crippen molar-refractivity contribution in [1.29, 1.82) is 0 Å². The van der Waals surface area contributed by atoms with Crippen molar-refractivity contribution >= 4 is 20.4 Å². The van der Waals surface area contributed by atoms with Crippen LogP contribution in [0.15, 0.2) is 11.7 Å². The van der Waals surface area contributed by atoms with Gasteiger partial charge in [0, 0.05) is 5.47 Å². The number of hydrogen-bond acceptors (Lipinski definition) is 2. The molecule has 0 radical (unpaired) electrons. The van der Waals surface area contributed by atoms with E-state index in [1.165, 1.54) is 0 Å². The van der Waals surface area contributed by atoms with Crippen molar-refractivity contribution < 1.29 is 9.90 Å². The summed E-state index contributed by atoms with van der Waals surface area (Å²) in [5.41, 5.74) is 0.512. The van der Waals surface area contributed by atoms with Crippen molar-refractivity contribution in [3.8, 4) is 0 Å². The summed E-state index contributed by atoms with van der Waals surface area (Å²) >= 11 is 0. The summed E-state index contributed by atoms with van der Waals surface area (Å²) in [6, 6.07) is 0. The molecular weight excluding hydrogens is 116 g/mol. The van der Waals surface area contributed by atoms with Crippen LogP contribution in [0.25, 0.3) is 0 Å². The lowest BCUT2D eigenvalue weighted by Crippen LogP contribution is -2.16. The van der Waals surface area contributed by atoms with E-state index in [9.17, 15) is 4.79 Å². The minimum atomic E-state index is -0.792. The molecule has 1 N–H and O–H groups in total. The first-order valence-corrected chi connectivity index (χ1v) is 2.84. The van der Waals surface area contributed by atoms with Crippen molar-refractivity contribution in [2.75, 3.05) is 7.05 Å². The summed E-state index contributed by atoms with van der Waals surface area (Å²) in [5, 5.41) is 8.44. The molecule has 1 aliphatic heterocycles. The largest absolute Gasteiger partial charge is 0.478 e. The van der Waals surface area contributed by atoms with Crippen LogP contribution in [0.5, 0.6) is 0 Å². The number of carboxylic acids is 1. The fourth-order valence-electron chi connectivity index (χ4n) is 0.854. The molecule has 0 aromatic heterocycles. The van der Waals surface area contributed by atoms with Crippen LogP contribution in [0.3, 0.4) is 0 Å². The Hall–Kier alpha value is -0.860. The van der Waals surface area contributed by atoms with Gasteiger partial charge in [0.1, 0.15) is 0 Å². The van der Waals surface area contributed by atoms with Gasteiger partial charge in [-0.25, -0.2) is 4.79 Å². The molecule has 1 heterocycles. The molecule has 0 aliphatic carbocycles. The Morgan fingerprint density at radius 2 is 2.56 bits per heavy atom. The van der Waals surface area contributed by atoms with Crippen LogP contribution < -0.4 is 0 Å². The Bertz CT molecular complexity index is 168. The van der Waals surface area contributed by atoms with Gasteiger partial charge in [0.05, 0.1) is 0 Å². The van der Waals surface area contributed by atoms with E-state index in [0.29, 0.717) is 12.6 Å². The first-order valence-electron chi connectivity index (χ1n) is 2.84. The number of carbonyl (C=O) groups is 1. The molecule has 3 nitrogen and oxygen atoms in total. The Morgan fingerprint density at radius 1 is 1.89 bits per heavy atom. The Balaban J connectivity index is 2.62. The maximum atomic E-state index is 10.3. The molecule has 0 atom stereocenters. The molecule has 0 unspecified atom stereocenters. The van der Waals surface area contributed by atoms with Crippen LogP contribution in [0, 0.1) is 0 Å². The molecule has 0 spiro atoms. The Morgan fingerprint density at radius 3 is 2.78 bits per heavy atom. The second kappa shape index (κ2) is 2.17. The lowest BCUT2D eigenvalue weighted by atomic mass is 9.45. The smallest absolute Gasteiger partial charge is 0.322 e. The zero-order valence-electron chi connectivity index (χ0n) is 5.29. The quantitative estimate of drug-likeness (QED) is 0.434. The lowest BCUT2D eigenvalue weighted by molar-refractivity contribution is -0.131. The van der Waals surface area contributed by atoms with E-state index in [1.54, 1.807) is 6.20 Å². The van der Waals surface area contributed by atoms with Gasteiger partial charge in [-0.15, -0.1) is 0 Å². The number of carboxylic acid groups (broad SMARTS) is 1. The first kappa shape index (κ1) is 6.26. The van der Waals surface area contributed by atoms with E-state index in [1.807, 2.05) is 11.9 Å². The van der Waals surface area contributed by atoms with Crippen LogP contribution in [0.2, 0.25) is 0 Å². The number of aliphatic carboxylic acids is 1. The average molecular weight is 123 g/mol. The van der Waals surface area contributed by atoms with Crippen molar-refractivity contribution in [3.63, 3.8) is 0 Å². The summed E-state index contributed by atoms with van der Waals surface area (Å²) in [6.45, 7) is 0. The van der Waals surface area contributed by atoms with Gasteiger partial charge in [0.2, 0.25) is 7.31 Å². The third-order valence-electron chi connectivity index (χ3n) is 1.38. The zero-order valence-corrected chi connectivity index (χ0v) is 5.29. The highest BCUT2D eigenvalue weighted by molar-refractivity contribution is 7.06. The maximum Gasteiger partial charge on any atom is 0.322 e. The molecule has 0 saturated heterocycles. The molecule has 0 fully saturated rings. The predicted molar refractivity (Wildman–Crippen MR) is 37.8 cm³/mol. The van der Waals surface area contributed by atoms with Crippen LogP contribution in [-0.2, 0) is 4.79 Å². The van der Waals surface area contributed by atoms with Crippen LogP contribution in [0.4, 0.5) is 0 Å². The molecule has 5 heteroatoms. The van der Waals surface area contributed by atoms with Crippen LogP contribution >= 0.6 is 0 Å². The van der Waals surface area contributed by atoms with Gasteiger partial charge in [-0.3, -0.25) is 0 Å². The minimum absolute atomic E-state index is 0.512. The molecule has 9 heavy (non-hydrogen) atoms. The van der Waals surface area contributed by atoms with Crippen LogP contribution in [-0.4, -0.2) is 37.4 Å². The fourth-order valence-corrected chi connectivity index (χ4v) is 0.854. The van der Waals surface area contributed by atoms with E-state index in [0.717, 1.165) is 7.31 Å². The summed E-state index contributed by atoms with van der Waals surface area (Å²) in [6.07, 6.45) is 1.67. The lowest BCUT2D eigenvalue weighted by Gasteiger charge is -2.02. The Kier molecular flexibility index (Phi) is 1.51. The highest BCUT2D eigenvalue weighted by Crippen LogP contribution is 2.00. The Labute approximate surface area is 54.8 Å². The normalized spacial score (nSPS) is 16.1. The van der Waals surface area contributed by atoms with Gasteiger partial charge < -0.3 is 9.92 Å². The molecule has 0 saturated carbocycles. The van der Waals surface area contributed by atoms with E-state index in [2.05, 4.69) is 0 Å². The second-order valence-electron chi connectivity index (χ2n) is 2.19. The minimum Gasteiger partial charge on any atom is -0.478 e. The second-order valence-corrected chi connectivity index (χ2v) is 2.19. The third kappa shape index (κ3) is 1.28. The molecular formula is C4H7B2NO2. The molecule has 0 amide bonds. The van der Waals surface area contributed by atoms with Gasteiger partial charge >= 0.3 is 5.97 Å². The highest BCUT2D eigenvalue weighted by Gasteiger charge is 2.16. The molecule has 1 aliphatic rings. The summed E-state index contributed by atoms with van der Waals surface area (Å²) < 4.78 is 0. The van der Waals surface area contributed by atoms with Crippen molar-refractivity contribution in [3.05, 3.63) is 11.7 Å². The molecule has 0 aromatic carbocycles. The maximum absolute atomic E-state index is 10.3.